The van der Waals surface area contributed by atoms with Gasteiger partial charge in [0, 0.05) is 22.7 Å². The van der Waals surface area contributed by atoms with Crippen LogP contribution in [0.2, 0.25) is 0 Å². The van der Waals surface area contributed by atoms with Gasteiger partial charge in [-0.2, -0.15) is 5.26 Å². The number of hydrogen-bond donors (Lipinski definition) is 2. The SMILES string of the molecule is N#C/C(=C/c1c[nH]c2ccccc12)C(=O)Nc1nc2ccccc2s1. The highest BCUT2D eigenvalue weighted by Crippen LogP contribution is 2.26. The Labute approximate surface area is 147 Å². The van der Waals surface area contributed by atoms with Crippen molar-refractivity contribution in [2.75, 3.05) is 5.32 Å². The Balaban J connectivity index is 1.64. The lowest BCUT2D eigenvalue weighted by Gasteiger charge is -1.99. The Kier molecular flexibility index (Phi) is 3.77. The summed E-state index contributed by atoms with van der Waals surface area (Å²) in [6.07, 6.45) is 3.37. The Bertz CT molecular complexity index is 1130. The van der Waals surface area contributed by atoms with E-state index in [9.17, 15) is 10.1 Å². The Morgan fingerprint density at radius 2 is 2.00 bits per heavy atom. The van der Waals surface area contributed by atoms with Gasteiger partial charge in [0.2, 0.25) is 0 Å². The van der Waals surface area contributed by atoms with Gasteiger partial charge < -0.3 is 4.98 Å². The van der Waals surface area contributed by atoms with E-state index in [1.54, 1.807) is 12.3 Å². The number of hydrogen-bond acceptors (Lipinski definition) is 4. The van der Waals surface area contributed by atoms with Crippen LogP contribution in [0.4, 0.5) is 5.13 Å². The lowest BCUT2D eigenvalue weighted by Crippen LogP contribution is -2.13. The highest BCUT2D eigenvalue weighted by Gasteiger charge is 2.13. The third kappa shape index (κ3) is 2.89. The average molecular weight is 344 g/mol. The van der Waals surface area contributed by atoms with Crippen LogP contribution in [-0.2, 0) is 4.79 Å². The van der Waals surface area contributed by atoms with Crippen molar-refractivity contribution in [3.05, 3.63) is 65.9 Å². The number of nitrogens with zero attached hydrogens (tertiary/aromatic N) is 2. The number of carbonyl (C=O) groups is 1. The summed E-state index contributed by atoms with van der Waals surface area (Å²) >= 11 is 1.38. The van der Waals surface area contributed by atoms with Crippen LogP contribution in [0.3, 0.4) is 0 Å². The zero-order chi connectivity index (χ0) is 17.2. The molecule has 120 valence electrons. The van der Waals surface area contributed by atoms with Crippen LogP contribution in [0.25, 0.3) is 27.2 Å². The second-order valence-electron chi connectivity index (χ2n) is 5.40. The van der Waals surface area contributed by atoms with Crippen LogP contribution >= 0.6 is 11.3 Å². The fourth-order valence-electron chi connectivity index (χ4n) is 2.61. The summed E-state index contributed by atoms with van der Waals surface area (Å²) in [5.41, 5.74) is 2.61. The van der Waals surface area contributed by atoms with Crippen LogP contribution in [0.15, 0.2) is 60.3 Å². The lowest BCUT2D eigenvalue weighted by atomic mass is 10.1. The van der Waals surface area contributed by atoms with Gasteiger partial charge in [-0.25, -0.2) is 4.98 Å². The molecule has 0 saturated carbocycles. The Morgan fingerprint density at radius 1 is 1.20 bits per heavy atom. The lowest BCUT2D eigenvalue weighted by molar-refractivity contribution is -0.112. The predicted octanol–water partition coefficient (Wildman–Crippen LogP) is 4.32. The number of anilines is 1. The molecule has 0 radical (unpaired) electrons. The number of thiazole rings is 1. The van der Waals surface area contributed by atoms with Gasteiger partial charge >= 0.3 is 0 Å². The van der Waals surface area contributed by atoms with E-state index in [4.69, 9.17) is 0 Å². The quantitative estimate of drug-likeness (QED) is 0.429. The van der Waals surface area contributed by atoms with E-state index in [0.717, 1.165) is 26.7 Å². The fourth-order valence-corrected chi connectivity index (χ4v) is 3.47. The highest BCUT2D eigenvalue weighted by molar-refractivity contribution is 7.22. The van der Waals surface area contributed by atoms with Gasteiger partial charge in [0.15, 0.2) is 5.13 Å². The molecule has 0 unspecified atom stereocenters. The first-order valence-corrected chi connectivity index (χ1v) is 8.41. The third-order valence-electron chi connectivity index (χ3n) is 3.80. The maximum atomic E-state index is 12.4. The zero-order valence-corrected chi connectivity index (χ0v) is 13.8. The minimum Gasteiger partial charge on any atom is -0.361 e. The van der Waals surface area contributed by atoms with Gasteiger partial charge in [0.1, 0.15) is 11.6 Å². The largest absolute Gasteiger partial charge is 0.361 e. The second kappa shape index (κ2) is 6.23. The van der Waals surface area contributed by atoms with Crippen LogP contribution in [0, 0.1) is 11.3 Å². The van der Waals surface area contributed by atoms with Crippen LogP contribution in [0.1, 0.15) is 5.56 Å². The number of benzene rings is 2. The molecule has 4 aromatic rings. The molecule has 0 spiro atoms. The second-order valence-corrected chi connectivity index (χ2v) is 6.43. The van der Waals surface area contributed by atoms with Crippen molar-refractivity contribution in [3.63, 3.8) is 0 Å². The molecule has 0 aliphatic carbocycles. The number of nitriles is 1. The van der Waals surface area contributed by atoms with Crippen molar-refractivity contribution in [3.8, 4) is 6.07 Å². The van der Waals surface area contributed by atoms with Crippen molar-refractivity contribution >= 4 is 49.6 Å². The molecular weight excluding hydrogens is 332 g/mol. The van der Waals surface area contributed by atoms with Crippen LogP contribution in [-0.4, -0.2) is 15.9 Å². The molecule has 0 fully saturated rings. The number of rotatable bonds is 3. The molecule has 0 saturated heterocycles. The summed E-state index contributed by atoms with van der Waals surface area (Å²) in [6, 6.07) is 17.3. The van der Waals surface area contributed by atoms with Gasteiger partial charge in [-0.1, -0.05) is 41.7 Å². The molecule has 0 bridgehead atoms. The molecule has 6 heteroatoms. The number of H-pyrrole nitrogens is 1. The molecule has 2 aromatic heterocycles. The van der Waals surface area contributed by atoms with Gasteiger partial charge in [-0.05, 0) is 24.3 Å². The minimum atomic E-state index is -0.466. The van der Waals surface area contributed by atoms with Crippen molar-refractivity contribution in [1.82, 2.24) is 9.97 Å². The summed E-state index contributed by atoms with van der Waals surface area (Å²) in [5.74, 6) is -0.466. The number of para-hydroxylation sites is 2. The third-order valence-corrected chi connectivity index (χ3v) is 4.75. The normalized spacial score (nSPS) is 11.6. The van der Waals surface area contributed by atoms with E-state index in [1.165, 1.54) is 11.3 Å². The van der Waals surface area contributed by atoms with E-state index < -0.39 is 5.91 Å². The van der Waals surface area contributed by atoms with Gasteiger partial charge in [0.25, 0.3) is 5.91 Å². The number of aromatic nitrogens is 2. The first kappa shape index (κ1) is 15.1. The maximum Gasteiger partial charge on any atom is 0.268 e. The smallest absolute Gasteiger partial charge is 0.268 e. The fraction of sp³-hybridized carbons (Fsp3) is 0. The zero-order valence-electron chi connectivity index (χ0n) is 13.0. The number of carbonyl (C=O) groups excluding carboxylic acids is 1. The molecule has 2 heterocycles. The van der Waals surface area contributed by atoms with Crippen molar-refractivity contribution in [2.24, 2.45) is 0 Å². The van der Waals surface area contributed by atoms with Crippen molar-refractivity contribution < 1.29 is 4.79 Å². The van der Waals surface area contributed by atoms with Crippen molar-refractivity contribution in [1.29, 1.82) is 5.26 Å². The molecule has 2 aromatic carbocycles. The molecule has 0 aliphatic heterocycles. The monoisotopic (exact) mass is 344 g/mol. The summed E-state index contributed by atoms with van der Waals surface area (Å²) in [6.45, 7) is 0. The molecule has 0 aliphatic rings. The van der Waals surface area contributed by atoms with Gasteiger partial charge in [0.05, 0.1) is 10.2 Å². The van der Waals surface area contributed by atoms with E-state index in [0.29, 0.717) is 5.13 Å². The van der Waals surface area contributed by atoms with Crippen LogP contribution in [0.5, 0.6) is 0 Å². The summed E-state index contributed by atoms with van der Waals surface area (Å²) in [7, 11) is 0. The van der Waals surface area contributed by atoms with E-state index in [1.807, 2.05) is 54.6 Å². The number of nitrogens with one attached hydrogen (secondary N) is 2. The maximum absolute atomic E-state index is 12.4. The molecule has 2 N–H and O–H groups in total. The average Bonchev–Trinajstić information content (AvgIpc) is 3.22. The molecule has 5 nitrogen and oxygen atoms in total. The molecule has 25 heavy (non-hydrogen) atoms. The Morgan fingerprint density at radius 3 is 2.84 bits per heavy atom. The van der Waals surface area contributed by atoms with Crippen molar-refractivity contribution in [2.45, 2.75) is 0 Å². The summed E-state index contributed by atoms with van der Waals surface area (Å²) in [5, 5.41) is 13.5. The summed E-state index contributed by atoms with van der Waals surface area (Å²) in [4.78, 5) is 19.9. The molecule has 1 amide bonds. The first-order chi connectivity index (χ1) is 12.2. The first-order valence-electron chi connectivity index (χ1n) is 7.59. The van der Waals surface area contributed by atoms with E-state index in [2.05, 4.69) is 15.3 Å². The number of amides is 1. The van der Waals surface area contributed by atoms with Gasteiger partial charge in [-0.3, -0.25) is 10.1 Å². The number of fused-ring (bicyclic) bond motifs is 2. The van der Waals surface area contributed by atoms with Crippen LogP contribution < -0.4 is 5.32 Å². The highest BCUT2D eigenvalue weighted by atomic mass is 32.1. The summed E-state index contributed by atoms with van der Waals surface area (Å²) < 4.78 is 0.983. The number of aromatic amines is 1. The minimum absolute atomic E-state index is 0.0315. The topological polar surface area (TPSA) is 81.6 Å². The standard InChI is InChI=1S/C19H12N4OS/c20-10-12(9-13-11-21-15-6-2-1-5-14(13)15)18(24)23-19-22-16-7-3-4-8-17(16)25-19/h1-9,11,21H,(H,22,23,24)/b12-9-. The van der Waals surface area contributed by atoms with E-state index in [-0.39, 0.29) is 5.57 Å². The molecular formula is C19H12N4OS. The van der Waals surface area contributed by atoms with E-state index >= 15 is 0 Å². The predicted molar refractivity (Wildman–Crippen MR) is 100 cm³/mol. The van der Waals surface area contributed by atoms with Gasteiger partial charge in [-0.15, -0.1) is 0 Å². The molecule has 0 atom stereocenters. The molecule has 4 rings (SSSR count). The Hall–Kier alpha value is -3.43.